The largest absolute Gasteiger partial charge is 0.487 e. The fourth-order valence-corrected chi connectivity index (χ4v) is 4.53. The predicted octanol–water partition coefficient (Wildman–Crippen LogP) is 1.22. The minimum absolute atomic E-state index is 0.124. The Kier molecular flexibility index (Phi) is 3.39. The summed E-state index contributed by atoms with van der Waals surface area (Å²) in [4.78, 5) is 14.8. The van der Waals surface area contributed by atoms with Gasteiger partial charge in [0.1, 0.15) is 17.9 Å². The SMILES string of the molecule is CS(=O)(=O)N1CC2CC1C(=O)N(CC1CC1)c1ccccc1O2. The Bertz CT molecular complexity index is 744. The van der Waals surface area contributed by atoms with Crippen LogP contribution >= 0.6 is 0 Å². The summed E-state index contributed by atoms with van der Waals surface area (Å²) in [5.41, 5.74) is 0.759. The van der Waals surface area contributed by atoms with E-state index in [2.05, 4.69) is 0 Å². The molecule has 0 N–H and O–H groups in total. The zero-order valence-electron chi connectivity index (χ0n) is 13.0. The molecule has 4 rings (SSSR count). The van der Waals surface area contributed by atoms with Crippen molar-refractivity contribution in [2.45, 2.75) is 31.4 Å². The lowest BCUT2D eigenvalue weighted by molar-refractivity contribution is -0.121. The summed E-state index contributed by atoms with van der Waals surface area (Å²) in [6, 6.07) is 6.84. The van der Waals surface area contributed by atoms with Crippen LogP contribution in [0.25, 0.3) is 0 Å². The number of amides is 1. The van der Waals surface area contributed by atoms with Gasteiger partial charge in [0.2, 0.25) is 15.9 Å². The molecule has 1 saturated heterocycles. The highest BCUT2D eigenvalue weighted by Gasteiger charge is 2.47. The van der Waals surface area contributed by atoms with Gasteiger partial charge in [-0.1, -0.05) is 12.1 Å². The molecule has 7 heteroatoms. The van der Waals surface area contributed by atoms with Crippen LogP contribution in [-0.4, -0.2) is 50.1 Å². The Balaban J connectivity index is 1.77. The van der Waals surface area contributed by atoms with Crippen LogP contribution in [-0.2, 0) is 14.8 Å². The highest BCUT2D eigenvalue weighted by molar-refractivity contribution is 7.88. The van der Waals surface area contributed by atoms with Gasteiger partial charge >= 0.3 is 0 Å². The van der Waals surface area contributed by atoms with Gasteiger partial charge in [-0.2, -0.15) is 4.31 Å². The number of hydrogen-bond donors (Lipinski definition) is 0. The Morgan fingerprint density at radius 2 is 2.00 bits per heavy atom. The number of nitrogens with zero attached hydrogens (tertiary/aromatic N) is 2. The predicted molar refractivity (Wildman–Crippen MR) is 85.9 cm³/mol. The first kappa shape index (κ1) is 15.0. The van der Waals surface area contributed by atoms with Crippen molar-refractivity contribution in [2.24, 2.45) is 5.92 Å². The second kappa shape index (κ2) is 5.21. The maximum Gasteiger partial charge on any atom is 0.245 e. The van der Waals surface area contributed by atoms with Gasteiger partial charge in [-0.25, -0.2) is 8.42 Å². The first-order valence-corrected chi connectivity index (χ1v) is 9.82. The van der Waals surface area contributed by atoms with Gasteiger partial charge in [0.25, 0.3) is 0 Å². The molecule has 2 unspecified atom stereocenters. The van der Waals surface area contributed by atoms with Crippen LogP contribution < -0.4 is 9.64 Å². The van der Waals surface area contributed by atoms with Crippen LogP contribution in [0.3, 0.4) is 0 Å². The van der Waals surface area contributed by atoms with Gasteiger partial charge < -0.3 is 9.64 Å². The van der Waals surface area contributed by atoms with Crippen LogP contribution in [0, 0.1) is 5.92 Å². The molecule has 2 bridgehead atoms. The Labute approximate surface area is 136 Å². The van der Waals surface area contributed by atoms with E-state index in [9.17, 15) is 13.2 Å². The van der Waals surface area contributed by atoms with Gasteiger partial charge in [-0.15, -0.1) is 0 Å². The average Bonchev–Trinajstić information content (AvgIpc) is 3.20. The number of anilines is 1. The normalized spacial score (nSPS) is 28.0. The molecule has 2 fully saturated rings. The second-order valence-electron chi connectivity index (χ2n) is 6.68. The molecule has 2 atom stereocenters. The number of para-hydroxylation sites is 2. The van der Waals surface area contributed by atoms with Crippen LogP contribution in [0.15, 0.2) is 24.3 Å². The minimum Gasteiger partial charge on any atom is -0.487 e. The molecule has 1 saturated carbocycles. The number of carbonyl (C=O) groups is 1. The summed E-state index contributed by atoms with van der Waals surface area (Å²) in [6.45, 7) is 0.874. The summed E-state index contributed by atoms with van der Waals surface area (Å²) in [7, 11) is -3.44. The van der Waals surface area contributed by atoms with E-state index >= 15 is 0 Å². The van der Waals surface area contributed by atoms with E-state index < -0.39 is 16.1 Å². The molecule has 0 spiro atoms. The van der Waals surface area contributed by atoms with Crippen molar-refractivity contribution in [1.29, 1.82) is 0 Å². The fourth-order valence-electron chi connectivity index (χ4n) is 3.45. The highest BCUT2D eigenvalue weighted by atomic mass is 32.2. The molecule has 1 aromatic carbocycles. The van der Waals surface area contributed by atoms with E-state index in [0.29, 0.717) is 24.6 Å². The van der Waals surface area contributed by atoms with Crippen LogP contribution in [0.5, 0.6) is 5.75 Å². The van der Waals surface area contributed by atoms with Gasteiger partial charge in [0.15, 0.2) is 0 Å². The number of benzene rings is 1. The number of carbonyl (C=O) groups excluding carboxylic acids is 1. The number of sulfonamides is 1. The van der Waals surface area contributed by atoms with Gasteiger partial charge in [0, 0.05) is 13.0 Å². The van der Waals surface area contributed by atoms with E-state index in [1.165, 1.54) is 4.31 Å². The molecule has 124 valence electrons. The molecule has 0 radical (unpaired) electrons. The third kappa shape index (κ3) is 2.72. The molecule has 0 aromatic heterocycles. The van der Waals surface area contributed by atoms with E-state index in [-0.39, 0.29) is 18.6 Å². The first-order valence-electron chi connectivity index (χ1n) is 7.97. The third-order valence-electron chi connectivity index (χ3n) is 4.78. The molecular formula is C16H20N2O4S. The molecule has 23 heavy (non-hydrogen) atoms. The maximum atomic E-state index is 13.1. The summed E-state index contributed by atoms with van der Waals surface area (Å²) >= 11 is 0. The summed E-state index contributed by atoms with van der Waals surface area (Å²) in [6.07, 6.45) is 3.54. The lowest BCUT2D eigenvalue weighted by atomic mass is 10.1. The van der Waals surface area contributed by atoms with Crippen molar-refractivity contribution in [3.05, 3.63) is 24.3 Å². The Hall–Kier alpha value is -1.60. The summed E-state index contributed by atoms with van der Waals surface area (Å²) in [5, 5.41) is 0. The molecular weight excluding hydrogens is 316 g/mol. The standard InChI is InChI=1S/C16H20N2O4S/c1-23(20,21)18-10-12-8-14(18)16(19)17(9-11-6-7-11)13-4-2-3-5-15(13)22-12/h2-5,11-12,14H,6-10H2,1H3. The second-order valence-corrected chi connectivity index (χ2v) is 8.62. The Morgan fingerprint density at radius 3 is 2.70 bits per heavy atom. The lowest BCUT2D eigenvalue weighted by Crippen LogP contribution is -2.48. The molecule has 2 aliphatic heterocycles. The first-order chi connectivity index (χ1) is 10.9. The van der Waals surface area contributed by atoms with E-state index in [1.54, 1.807) is 4.90 Å². The van der Waals surface area contributed by atoms with Crippen LogP contribution in [0.1, 0.15) is 19.3 Å². The van der Waals surface area contributed by atoms with Crippen molar-refractivity contribution < 1.29 is 17.9 Å². The molecule has 2 heterocycles. The van der Waals surface area contributed by atoms with Gasteiger partial charge in [0.05, 0.1) is 18.5 Å². The monoisotopic (exact) mass is 336 g/mol. The topological polar surface area (TPSA) is 66.9 Å². The van der Waals surface area contributed by atoms with E-state index in [1.807, 2.05) is 24.3 Å². The van der Waals surface area contributed by atoms with Crippen LogP contribution in [0.2, 0.25) is 0 Å². The van der Waals surface area contributed by atoms with Gasteiger partial charge in [-0.3, -0.25) is 4.79 Å². The van der Waals surface area contributed by atoms with Gasteiger partial charge in [-0.05, 0) is 30.9 Å². The van der Waals surface area contributed by atoms with Crippen molar-refractivity contribution in [3.8, 4) is 5.75 Å². The smallest absolute Gasteiger partial charge is 0.245 e. The number of hydrogen-bond acceptors (Lipinski definition) is 4. The zero-order chi connectivity index (χ0) is 16.2. The Morgan fingerprint density at radius 1 is 1.26 bits per heavy atom. The fraction of sp³-hybridized carbons (Fsp3) is 0.562. The zero-order valence-corrected chi connectivity index (χ0v) is 13.8. The number of rotatable bonds is 3. The van der Waals surface area contributed by atoms with Crippen molar-refractivity contribution in [3.63, 3.8) is 0 Å². The summed E-state index contributed by atoms with van der Waals surface area (Å²) in [5.74, 6) is 1.05. The molecule has 3 aliphatic rings. The molecule has 6 nitrogen and oxygen atoms in total. The third-order valence-corrected chi connectivity index (χ3v) is 6.04. The average molecular weight is 336 g/mol. The van der Waals surface area contributed by atoms with Crippen molar-refractivity contribution in [2.75, 3.05) is 24.2 Å². The van der Waals surface area contributed by atoms with E-state index in [0.717, 1.165) is 24.8 Å². The van der Waals surface area contributed by atoms with E-state index in [4.69, 9.17) is 4.74 Å². The molecule has 1 aliphatic carbocycles. The minimum atomic E-state index is -3.44. The van der Waals surface area contributed by atoms with Crippen molar-refractivity contribution >= 4 is 21.6 Å². The quantitative estimate of drug-likeness (QED) is 0.832. The maximum absolute atomic E-state index is 13.1. The lowest BCUT2D eigenvalue weighted by Gasteiger charge is -2.31. The van der Waals surface area contributed by atoms with Crippen LogP contribution in [0.4, 0.5) is 5.69 Å². The highest BCUT2D eigenvalue weighted by Crippen LogP contribution is 2.39. The number of ether oxygens (including phenoxy) is 1. The number of fused-ring (bicyclic) bond motifs is 3. The summed E-state index contributed by atoms with van der Waals surface area (Å²) < 4.78 is 31.5. The molecule has 1 aromatic rings. The van der Waals surface area contributed by atoms with Crippen molar-refractivity contribution in [1.82, 2.24) is 4.31 Å². The molecule has 1 amide bonds.